The maximum absolute atomic E-state index is 12.6. The Balaban J connectivity index is 2.83. The predicted octanol–water partition coefficient (Wildman–Crippen LogP) is 1.50. The van der Waals surface area contributed by atoms with Crippen LogP contribution < -0.4 is 0 Å². The molecule has 1 saturated carbocycles. The number of carbonyl (C=O) groups excluding carboxylic acids is 1. The van der Waals surface area contributed by atoms with E-state index in [1.54, 1.807) is 4.90 Å². The van der Waals surface area contributed by atoms with Crippen molar-refractivity contribution in [3.8, 4) is 0 Å². The van der Waals surface area contributed by atoms with Crippen molar-refractivity contribution in [3.05, 3.63) is 0 Å². The van der Waals surface area contributed by atoms with E-state index in [2.05, 4.69) is 0 Å². The van der Waals surface area contributed by atoms with E-state index >= 15 is 0 Å². The van der Waals surface area contributed by atoms with Gasteiger partial charge in [0.15, 0.2) is 0 Å². The molecule has 0 aliphatic heterocycles. The van der Waals surface area contributed by atoms with E-state index in [4.69, 9.17) is 5.11 Å². The number of hydrogen-bond acceptors (Lipinski definition) is 3. The molecule has 2 N–H and O–H groups in total. The molecule has 2 atom stereocenters. The minimum absolute atomic E-state index is 0.0767. The highest BCUT2D eigenvalue weighted by Crippen LogP contribution is 2.34. The summed E-state index contributed by atoms with van der Waals surface area (Å²) in [7, 11) is 0. The van der Waals surface area contributed by atoms with Crippen molar-refractivity contribution in [1.29, 1.82) is 0 Å². The molecule has 1 amide bonds. The fraction of sp³-hybridized carbons (Fsp3) is 0.857. The summed E-state index contributed by atoms with van der Waals surface area (Å²) in [5, 5.41) is 18.3. The lowest BCUT2D eigenvalue weighted by Gasteiger charge is -2.33. The van der Waals surface area contributed by atoms with E-state index in [9.17, 15) is 14.7 Å². The standard InChI is InChI=1S/C14H25NO4/c1-3-10(4-2)15(8-9-16)13(17)11-6-5-7-12(11)14(18)19/h10-12,16H,3-9H2,1-2H3,(H,18,19)/t11-,12+/m1/s1. The van der Waals surface area contributed by atoms with Gasteiger partial charge in [-0.15, -0.1) is 0 Å². The molecule has 0 heterocycles. The molecule has 1 aliphatic carbocycles. The van der Waals surface area contributed by atoms with Gasteiger partial charge in [0.1, 0.15) is 0 Å². The molecule has 0 aromatic heterocycles. The van der Waals surface area contributed by atoms with Crippen molar-refractivity contribution in [2.24, 2.45) is 11.8 Å². The summed E-state index contributed by atoms with van der Waals surface area (Å²) in [4.78, 5) is 25.4. The van der Waals surface area contributed by atoms with Crippen molar-refractivity contribution in [1.82, 2.24) is 4.90 Å². The molecule has 0 aromatic rings. The Kier molecular flexibility index (Phi) is 6.28. The average Bonchev–Trinajstić information content (AvgIpc) is 2.87. The van der Waals surface area contributed by atoms with Gasteiger partial charge in [-0.05, 0) is 25.7 Å². The molecule has 1 fully saturated rings. The highest BCUT2D eigenvalue weighted by atomic mass is 16.4. The molecule has 0 saturated heterocycles. The molecule has 0 bridgehead atoms. The van der Waals surface area contributed by atoms with Gasteiger partial charge in [0.25, 0.3) is 0 Å². The third kappa shape index (κ3) is 3.69. The van der Waals surface area contributed by atoms with Crippen molar-refractivity contribution in [2.45, 2.75) is 52.0 Å². The Bertz CT molecular complexity index is 315. The zero-order valence-corrected chi connectivity index (χ0v) is 11.8. The summed E-state index contributed by atoms with van der Waals surface area (Å²) in [5.74, 6) is -1.93. The van der Waals surface area contributed by atoms with Crippen LogP contribution in [-0.2, 0) is 9.59 Å². The van der Waals surface area contributed by atoms with Gasteiger partial charge in [-0.3, -0.25) is 9.59 Å². The summed E-state index contributed by atoms with van der Waals surface area (Å²) in [6.45, 7) is 4.24. The van der Waals surface area contributed by atoms with Crippen LogP contribution in [0.25, 0.3) is 0 Å². The van der Waals surface area contributed by atoms with Crippen molar-refractivity contribution < 1.29 is 19.8 Å². The van der Waals surface area contributed by atoms with Crippen LogP contribution in [0, 0.1) is 11.8 Å². The first-order chi connectivity index (χ1) is 9.06. The molecule has 0 aromatic carbocycles. The van der Waals surface area contributed by atoms with Crippen LogP contribution in [-0.4, -0.2) is 46.2 Å². The first-order valence-electron chi connectivity index (χ1n) is 7.20. The fourth-order valence-electron chi connectivity index (χ4n) is 3.07. The normalized spacial score (nSPS) is 22.7. The molecule has 5 nitrogen and oxygen atoms in total. The van der Waals surface area contributed by atoms with Gasteiger partial charge in [-0.25, -0.2) is 0 Å². The Morgan fingerprint density at radius 3 is 2.26 bits per heavy atom. The second-order valence-electron chi connectivity index (χ2n) is 5.21. The lowest BCUT2D eigenvalue weighted by molar-refractivity contribution is -0.150. The van der Waals surface area contributed by atoms with Gasteiger partial charge in [-0.2, -0.15) is 0 Å². The van der Waals surface area contributed by atoms with Gasteiger partial charge in [0, 0.05) is 12.6 Å². The highest BCUT2D eigenvalue weighted by Gasteiger charge is 2.40. The van der Waals surface area contributed by atoms with Crippen molar-refractivity contribution in [2.75, 3.05) is 13.2 Å². The molecule has 1 rings (SSSR count). The van der Waals surface area contributed by atoms with Gasteiger partial charge < -0.3 is 15.1 Å². The second-order valence-corrected chi connectivity index (χ2v) is 5.21. The van der Waals surface area contributed by atoms with Crippen LogP contribution in [0.4, 0.5) is 0 Å². The summed E-state index contributed by atoms with van der Waals surface area (Å²) < 4.78 is 0. The zero-order chi connectivity index (χ0) is 14.4. The minimum atomic E-state index is -0.871. The number of carboxylic acids is 1. The summed E-state index contributed by atoms with van der Waals surface area (Å²) in [6, 6.07) is 0.0923. The summed E-state index contributed by atoms with van der Waals surface area (Å²) in [5.41, 5.74) is 0. The number of aliphatic hydroxyl groups is 1. The maximum Gasteiger partial charge on any atom is 0.307 e. The molecule has 1 aliphatic rings. The monoisotopic (exact) mass is 271 g/mol. The SMILES string of the molecule is CCC(CC)N(CCO)C(=O)[C@@H]1CCC[C@@H]1C(=O)O. The van der Waals surface area contributed by atoms with E-state index < -0.39 is 17.8 Å². The number of rotatable bonds is 7. The number of aliphatic carboxylic acids is 1. The van der Waals surface area contributed by atoms with Gasteiger partial charge in [0.2, 0.25) is 5.91 Å². The van der Waals surface area contributed by atoms with Crippen LogP contribution in [0.2, 0.25) is 0 Å². The first kappa shape index (κ1) is 16.0. The first-order valence-corrected chi connectivity index (χ1v) is 7.20. The fourth-order valence-corrected chi connectivity index (χ4v) is 3.07. The van der Waals surface area contributed by atoms with Crippen LogP contribution in [0.3, 0.4) is 0 Å². The smallest absolute Gasteiger partial charge is 0.307 e. The number of nitrogens with zero attached hydrogens (tertiary/aromatic N) is 1. The number of hydrogen-bond donors (Lipinski definition) is 2. The number of carbonyl (C=O) groups is 2. The number of aliphatic hydroxyl groups excluding tert-OH is 1. The van der Waals surface area contributed by atoms with E-state index in [0.717, 1.165) is 19.3 Å². The van der Waals surface area contributed by atoms with Crippen LogP contribution in [0.1, 0.15) is 46.0 Å². The van der Waals surface area contributed by atoms with Crippen molar-refractivity contribution >= 4 is 11.9 Å². The lowest BCUT2D eigenvalue weighted by atomic mass is 9.93. The quantitative estimate of drug-likeness (QED) is 0.735. The van der Waals surface area contributed by atoms with Gasteiger partial charge in [0.05, 0.1) is 18.4 Å². The average molecular weight is 271 g/mol. The molecule has 110 valence electrons. The number of carboxylic acid groups (broad SMARTS) is 1. The molecule has 0 radical (unpaired) electrons. The number of amides is 1. The van der Waals surface area contributed by atoms with Crippen LogP contribution in [0.15, 0.2) is 0 Å². The maximum atomic E-state index is 12.6. The third-order valence-electron chi connectivity index (χ3n) is 4.16. The largest absolute Gasteiger partial charge is 0.481 e. The summed E-state index contributed by atoms with van der Waals surface area (Å²) >= 11 is 0. The Morgan fingerprint density at radius 2 is 1.79 bits per heavy atom. The zero-order valence-electron chi connectivity index (χ0n) is 11.8. The van der Waals surface area contributed by atoms with Crippen molar-refractivity contribution in [3.63, 3.8) is 0 Å². The second kappa shape index (κ2) is 7.48. The van der Waals surface area contributed by atoms with Crippen LogP contribution in [0.5, 0.6) is 0 Å². The molecule has 19 heavy (non-hydrogen) atoms. The van der Waals surface area contributed by atoms with E-state index in [-0.39, 0.29) is 18.6 Å². The van der Waals surface area contributed by atoms with Gasteiger partial charge >= 0.3 is 5.97 Å². The van der Waals surface area contributed by atoms with Gasteiger partial charge in [-0.1, -0.05) is 20.3 Å². The molecule has 5 heteroatoms. The minimum Gasteiger partial charge on any atom is -0.481 e. The molecular weight excluding hydrogens is 246 g/mol. The van der Waals surface area contributed by atoms with E-state index in [1.165, 1.54) is 0 Å². The lowest BCUT2D eigenvalue weighted by Crippen LogP contribution is -2.46. The highest BCUT2D eigenvalue weighted by molar-refractivity contribution is 5.85. The molecule has 0 spiro atoms. The Hall–Kier alpha value is -1.10. The molecule has 0 unspecified atom stereocenters. The Morgan fingerprint density at radius 1 is 1.21 bits per heavy atom. The summed E-state index contributed by atoms with van der Waals surface area (Å²) in [6.07, 6.45) is 3.68. The Labute approximate surface area is 114 Å². The van der Waals surface area contributed by atoms with Crippen LogP contribution >= 0.6 is 0 Å². The van der Waals surface area contributed by atoms with E-state index in [1.807, 2.05) is 13.8 Å². The molecular formula is C14H25NO4. The predicted molar refractivity (Wildman–Crippen MR) is 71.6 cm³/mol. The topological polar surface area (TPSA) is 77.8 Å². The third-order valence-corrected chi connectivity index (χ3v) is 4.16. The van der Waals surface area contributed by atoms with E-state index in [0.29, 0.717) is 19.4 Å².